The first-order valence-corrected chi connectivity index (χ1v) is 9.31. The lowest BCUT2D eigenvalue weighted by Crippen LogP contribution is -2.38. The molecule has 118 valence electrons. The number of halogens is 2. The van der Waals surface area contributed by atoms with E-state index in [1.54, 1.807) is 0 Å². The van der Waals surface area contributed by atoms with Crippen LogP contribution in [0.4, 0.5) is 4.39 Å². The van der Waals surface area contributed by atoms with Crippen molar-refractivity contribution in [1.82, 2.24) is 4.31 Å². The molecule has 1 aromatic carbocycles. The van der Waals surface area contributed by atoms with Gasteiger partial charge in [0, 0.05) is 29.7 Å². The number of hydrogen-bond donors (Lipinski definition) is 1. The molecule has 0 amide bonds. The minimum Gasteiger partial charge on any atom is -0.326 e. The topological polar surface area (TPSA) is 63.4 Å². The molecule has 0 saturated carbocycles. The highest BCUT2D eigenvalue weighted by Gasteiger charge is 2.31. The van der Waals surface area contributed by atoms with Crippen LogP contribution in [-0.2, 0) is 16.6 Å². The molecule has 1 aromatic rings. The Morgan fingerprint density at radius 2 is 2.00 bits per heavy atom. The molecule has 2 N–H and O–H groups in total. The fourth-order valence-electron chi connectivity index (χ4n) is 2.65. The maximum Gasteiger partial charge on any atom is 0.246 e. The van der Waals surface area contributed by atoms with Gasteiger partial charge < -0.3 is 5.73 Å². The average molecular weight is 379 g/mol. The monoisotopic (exact) mass is 378 g/mol. The van der Waals surface area contributed by atoms with Crippen LogP contribution in [-0.4, -0.2) is 25.8 Å². The van der Waals surface area contributed by atoms with Crippen molar-refractivity contribution in [2.45, 2.75) is 37.6 Å². The van der Waals surface area contributed by atoms with Crippen LogP contribution >= 0.6 is 15.9 Å². The lowest BCUT2D eigenvalue weighted by Gasteiger charge is -2.30. The Balaban J connectivity index is 2.34. The molecule has 0 unspecified atom stereocenters. The number of piperidine rings is 1. The van der Waals surface area contributed by atoms with Crippen LogP contribution in [0.25, 0.3) is 0 Å². The summed E-state index contributed by atoms with van der Waals surface area (Å²) in [7, 11) is -3.81. The fraction of sp³-hybridized carbons (Fsp3) is 0.571. The molecule has 4 nitrogen and oxygen atoms in total. The van der Waals surface area contributed by atoms with Crippen molar-refractivity contribution < 1.29 is 12.8 Å². The molecular formula is C14H20BrFN2O2S. The Morgan fingerprint density at radius 3 is 2.52 bits per heavy atom. The largest absolute Gasteiger partial charge is 0.326 e. The van der Waals surface area contributed by atoms with Crippen LogP contribution in [0.15, 0.2) is 21.5 Å². The van der Waals surface area contributed by atoms with Gasteiger partial charge in [-0.25, -0.2) is 12.8 Å². The van der Waals surface area contributed by atoms with E-state index in [1.165, 1.54) is 16.4 Å². The van der Waals surface area contributed by atoms with Crippen molar-refractivity contribution in [3.8, 4) is 0 Å². The zero-order chi connectivity index (χ0) is 15.6. The van der Waals surface area contributed by atoms with Gasteiger partial charge in [0.15, 0.2) is 0 Å². The molecule has 1 aliphatic heterocycles. The standard InChI is InChI=1S/C14H20BrFN2O2S/c1-2-10-3-5-18(6-4-10)21(19,20)13-8-12(15)7-11(9-17)14(13)16/h7-8,10H,2-6,9,17H2,1H3. The van der Waals surface area contributed by atoms with Crippen molar-refractivity contribution >= 4 is 26.0 Å². The molecule has 21 heavy (non-hydrogen) atoms. The van der Waals surface area contributed by atoms with E-state index in [-0.39, 0.29) is 17.0 Å². The summed E-state index contributed by atoms with van der Waals surface area (Å²) in [6.45, 7) is 2.97. The highest BCUT2D eigenvalue weighted by molar-refractivity contribution is 9.10. The van der Waals surface area contributed by atoms with Gasteiger partial charge >= 0.3 is 0 Å². The number of rotatable bonds is 4. The van der Waals surface area contributed by atoms with Gasteiger partial charge in [-0.05, 0) is 30.9 Å². The van der Waals surface area contributed by atoms with Crippen molar-refractivity contribution in [3.05, 3.63) is 28.0 Å². The first-order chi connectivity index (χ1) is 9.90. The number of benzene rings is 1. The Labute approximate surface area is 133 Å². The molecule has 1 saturated heterocycles. The number of nitrogens with two attached hydrogens (primary N) is 1. The van der Waals surface area contributed by atoms with Gasteiger partial charge in [0.25, 0.3) is 0 Å². The molecule has 0 aromatic heterocycles. The predicted octanol–water partition coefficient (Wildman–Crippen LogP) is 2.86. The van der Waals surface area contributed by atoms with Gasteiger partial charge in [-0.1, -0.05) is 29.3 Å². The quantitative estimate of drug-likeness (QED) is 0.875. The predicted molar refractivity (Wildman–Crippen MR) is 83.8 cm³/mol. The highest BCUT2D eigenvalue weighted by atomic mass is 79.9. The molecule has 0 bridgehead atoms. The van der Waals surface area contributed by atoms with Crippen LogP contribution in [0, 0.1) is 11.7 Å². The maximum absolute atomic E-state index is 14.3. The third-order valence-electron chi connectivity index (χ3n) is 4.07. The zero-order valence-electron chi connectivity index (χ0n) is 12.0. The molecule has 0 atom stereocenters. The van der Waals surface area contributed by atoms with Gasteiger partial charge in [0.05, 0.1) is 0 Å². The van der Waals surface area contributed by atoms with Gasteiger partial charge in [-0.2, -0.15) is 4.31 Å². The SMILES string of the molecule is CCC1CCN(S(=O)(=O)c2cc(Br)cc(CN)c2F)CC1. The number of hydrogen-bond acceptors (Lipinski definition) is 3. The molecule has 0 radical (unpaired) electrons. The summed E-state index contributed by atoms with van der Waals surface area (Å²) in [6.07, 6.45) is 2.71. The summed E-state index contributed by atoms with van der Waals surface area (Å²) in [5, 5.41) is 0. The smallest absolute Gasteiger partial charge is 0.246 e. The normalized spacial score (nSPS) is 18.1. The molecule has 1 aliphatic rings. The maximum atomic E-state index is 14.3. The second-order valence-corrected chi connectivity index (χ2v) is 8.16. The molecular weight excluding hydrogens is 359 g/mol. The average Bonchev–Trinajstić information content (AvgIpc) is 2.49. The number of nitrogens with zero attached hydrogens (tertiary/aromatic N) is 1. The van der Waals surface area contributed by atoms with Crippen LogP contribution in [0.1, 0.15) is 31.7 Å². The van der Waals surface area contributed by atoms with E-state index in [4.69, 9.17) is 5.73 Å². The Morgan fingerprint density at radius 1 is 1.38 bits per heavy atom. The van der Waals surface area contributed by atoms with Crippen LogP contribution in [0.5, 0.6) is 0 Å². The summed E-state index contributed by atoms with van der Waals surface area (Å²) in [5.74, 6) is -0.179. The fourth-order valence-corrected chi connectivity index (χ4v) is 4.91. The third-order valence-corrected chi connectivity index (χ3v) is 6.42. The zero-order valence-corrected chi connectivity index (χ0v) is 14.4. The minimum atomic E-state index is -3.81. The molecule has 1 heterocycles. The van der Waals surface area contributed by atoms with Crippen LogP contribution in [0.2, 0.25) is 0 Å². The van der Waals surface area contributed by atoms with E-state index < -0.39 is 15.8 Å². The van der Waals surface area contributed by atoms with Crippen molar-refractivity contribution in [3.63, 3.8) is 0 Å². The first-order valence-electron chi connectivity index (χ1n) is 7.08. The Bertz CT molecular complexity index is 614. The summed E-state index contributed by atoms with van der Waals surface area (Å²) < 4.78 is 41.5. The van der Waals surface area contributed by atoms with E-state index in [2.05, 4.69) is 22.9 Å². The van der Waals surface area contributed by atoms with E-state index in [1.807, 2.05) is 0 Å². The lowest BCUT2D eigenvalue weighted by molar-refractivity contribution is 0.268. The molecule has 0 spiro atoms. The van der Waals surface area contributed by atoms with Crippen LogP contribution in [0.3, 0.4) is 0 Å². The molecule has 0 aliphatic carbocycles. The van der Waals surface area contributed by atoms with Gasteiger partial charge in [-0.3, -0.25) is 0 Å². The Kier molecular flexibility index (Phi) is 5.40. The third kappa shape index (κ3) is 3.47. The first kappa shape index (κ1) is 16.9. The summed E-state index contributed by atoms with van der Waals surface area (Å²) >= 11 is 3.22. The van der Waals surface area contributed by atoms with E-state index in [9.17, 15) is 12.8 Å². The second-order valence-electron chi connectivity index (χ2n) is 5.34. The van der Waals surface area contributed by atoms with E-state index in [0.29, 0.717) is 23.5 Å². The second kappa shape index (κ2) is 6.73. The van der Waals surface area contributed by atoms with Crippen LogP contribution < -0.4 is 5.73 Å². The summed E-state index contributed by atoms with van der Waals surface area (Å²) in [5.41, 5.74) is 5.68. The molecule has 2 rings (SSSR count). The summed E-state index contributed by atoms with van der Waals surface area (Å²) in [4.78, 5) is -0.285. The molecule has 1 fully saturated rings. The minimum absolute atomic E-state index is 0.0360. The van der Waals surface area contributed by atoms with E-state index in [0.717, 1.165) is 19.3 Å². The van der Waals surface area contributed by atoms with Crippen molar-refractivity contribution in [2.24, 2.45) is 11.7 Å². The number of sulfonamides is 1. The van der Waals surface area contributed by atoms with E-state index >= 15 is 0 Å². The van der Waals surface area contributed by atoms with Crippen molar-refractivity contribution in [2.75, 3.05) is 13.1 Å². The van der Waals surface area contributed by atoms with Crippen molar-refractivity contribution in [1.29, 1.82) is 0 Å². The van der Waals surface area contributed by atoms with Gasteiger partial charge in [0.1, 0.15) is 10.7 Å². The molecule has 7 heteroatoms. The van der Waals surface area contributed by atoms with Gasteiger partial charge in [0.2, 0.25) is 10.0 Å². The summed E-state index contributed by atoms with van der Waals surface area (Å²) in [6, 6.07) is 2.83. The van der Waals surface area contributed by atoms with Gasteiger partial charge in [-0.15, -0.1) is 0 Å². The lowest BCUT2D eigenvalue weighted by atomic mass is 9.96. The highest BCUT2D eigenvalue weighted by Crippen LogP contribution is 2.29. The Hall–Kier alpha value is -0.500.